The quantitative estimate of drug-likeness (QED) is 0.660. The zero-order chi connectivity index (χ0) is 20.4. The van der Waals surface area contributed by atoms with Gasteiger partial charge in [-0.2, -0.15) is 8.78 Å². The molecule has 1 aliphatic heterocycles. The summed E-state index contributed by atoms with van der Waals surface area (Å²) < 4.78 is 29.7. The number of rotatable bonds is 5. The molecule has 1 aromatic heterocycles. The van der Waals surface area contributed by atoms with E-state index >= 15 is 0 Å². The Labute approximate surface area is 168 Å². The number of benzene rings is 2. The number of hydrogen-bond donors (Lipinski definition) is 1. The first-order chi connectivity index (χ1) is 14.0. The number of hydrogen-bond acceptors (Lipinski definition) is 4. The van der Waals surface area contributed by atoms with Gasteiger partial charge in [-0.05, 0) is 65.4 Å². The molecule has 2 N–H and O–H groups in total. The van der Waals surface area contributed by atoms with Crippen LogP contribution in [0.4, 0.5) is 8.78 Å². The Balaban J connectivity index is 1.82. The highest BCUT2D eigenvalue weighted by Gasteiger charge is 2.39. The molecule has 3 aromatic rings. The van der Waals surface area contributed by atoms with E-state index in [0.29, 0.717) is 18.7 Å². The van der Waals surface area contributed by atoms with Crippen molar-refractivity contribution in [2.45, 2.75) is 31.9 Å². The van der Waals surface area contributed by atoms with Gasteiger partial charge in [0, 0.05) is 18.8 Å². The number of aliphatic imine (C=N–C) groups is 1. The SMILES string of the molecule is Cc1cc(OC(F)F)ccc1C1(c2cccc(-c3cccnc3)c2)CCC(N)=N1. The first-order valence-corrected chi connectivity index (χ1v) is 9.39. The maximum atomic E-state index is 12.6. The molecule has 0 amide bonds. The third kappa shape index (κ3) is 3.70. The number of nitrogens with zero attached hydrogens (tertiary/aromatic N) is 2. The van der Waals surface area contributed by atoms with Crippen molar-refractivity contribution in [2.24, 2.45) is 10.7 Å². The number of nitrogens with two attached hydrogens (primary N) is 1. The number of pyridine rings is 1. The summed E-state index contributed by atoms with van der Waals surface area (Å²) in [4.78, 5) is 9.04. The van der Waals surface area contributed by atoms with Gasteiger partial charge in [0.1, 0.15) is 11.3 Å². The largest absolute Gasteiger partial charge is 0.435 e. The summed E-state index contributed by atoms with van der Waals surface area (Å²) in [6.07, 6.45) is 4.94. The summed E-state index contributed by atoms with van der Waals surface area (Å²) in [5, 5.41) is 0. The molecule has 0 aliphatic carbocycles. The van der Waals surface area contributed by atoms with Gasteiger partial charge >= 0.3 is 6.61 Å². The van der Waals surface area contributed by atoms with Crippen molar-refractivity contribution in [2.75, 3.05) is 0 Å². The molecule has 1 aliphatic rings. The summed E-state index contributed by atoms with van der Waals surface area (Å²) >= 11 is 0. The van der Waals surface area contributed by atoms with Crippen molar-refractivity contribution in [3.8, 4) is 16.9 Å². The summed E-state index contributed by atoms with van der Waals surface area (Å²) in [7, 11) is 0. The molecule has 0 spiro atoms. The number of amidine groups is 1. The maximum Gasteiger partial charge on any atom is 0.387 e. The van der Waals surface area contributed by atoms with E-state index in [1.165, 1.54) is 0 Å². The first kappa shape index (κ1) is 19.1. The minimum absolute atomic E-state index is 0.135. The second-order valence-electron chi connectivity index (χ2n) is 7.14. The van der Waals surface area contributed by atoms with Gasteiger partial charge in [0.25, 0.3) is 0 Å². The van der Waals surface area contributed by atoms with Gasteiger partial charge in [0.05, 0.1) is 5.84 Å². The van der Waals surface area contributed by atoms with Crippen LogP contribution in [-0.4, -0.2) is 17.4 Å². The Hall–Kier alpha value is -3.28. The summed E-state index contributed by atoms with van der Waals surface area (Å²) in [6, 6.07) is 17.1. The van der Waals surface area contributed by atoms with Crippen LogP contribution in [0.5, 0.6) is 5.75 Å². The van der Waals surface area contributed by atoms with Gasteiger partial charge in [-0.25, -0.2) is 0 Å². The number of halogens is 2. The molecular weight excluding hydrogens is 372 g/mol. The van der Waals surface area contributed by atoms with Crippen LogP contribution in [0.2, 0.25) is 0 Å². The molecule has 4 rings (SSSR count). The van der Waals surface area contributed by atoms with Crippen molar-refractivity contribution in [3.63, 3.8) is 0 Å². The zero-order valence-corrected chi connectivity index (χ0v) is 16.0. The zero-order valence-electron chi connectivity index (χ0n) is 16.0. The summed E-state index contributed by atoms with van der Waals surface area (Å²) in [5.41, 5.74) is 10.2. The van der Waals surface area contributed by atoms with E-state index in [2.05, 4.69) is 15.8 Å². The maximum absolute atomic E-state index is 12.6. The fourth-order valence-electron chi connectivity index (χ4n) is 3.99. The molecule has 2 heterocycles. The van der Waals surface area contributed by atoms with E-state index in [4.69, 9.17) is 10.7 Å². The van der Waals surface area contributed by atoms with Crippen LogP contribution in [0.15, 0.2) is 72.0 Å². The predicted octanol–water partition coefficient (Wildman–Crippen LogP) is 5.05. The number of ether oxygens (including phenoxy) is 1. The molecule has 0 saturated carbocycles. The Kier molecular flexibility index (Phi) is 5.01. The summed E-state index contributed by atoms with van der Waals surface area (Å²) in [5.74, 6) is 0.722. The smallest absolute Gasteiger partial charge is 0.387 e. The van der Waals surface area contributed by atoms with Gasteiger partial charge in [0.2, 0.25) is 0 Å². The van der Waals surface area contributed by atoms with Crippen LogP contribution in [0.3, 0.4) is 0 Å². The number of aromatic nitrogens is 1. The van der Waals surface area contributed by atoms with Gasteiger partial charge < -0.3 is 10.5 Å². The third-order valence-electron chi connectivity index (χ3n) is 5.28. The third-order valence-corrected chi connectivity index (χ3v) is 5.28. The Morgan fingerprint density at radius 1 is 1.07 bits per heavy atom. The lowest BCUT2D eigenvalue weighted by atomic mass is 9.78. The average Bonchev–Trinajstić information content (AvgIpc) is 3.11. The molecule has 0 bridgehead atoms. The number of alkyl halides is 2. The highest BCUT2D eigenvalue weighted by molar-refractivity contribution is 5.84. The van der Waals surface area contributed by atoms with Crippen LogP contribution >= 0.6 is 0 Å². The van der Waals surface area contributed by atoms with Crippen molar-refractivity contribution in [1.82, 2.24) is 4.98 Å². The van der Waals surface area contributed by atoms with Crippen LogP contribution in [0.25, 0.3) is 11.1 Å². The Morgan fingerprint density at radius 2 is 1.90 bits per heavy atom. The highest BCUT2D eigenvalue weighted by Crippen LogP contribution is 2.44. The molecule has 4 nitrogen and oxygen atoms in total. The van der Waals surface area contributed by atoms with E-state index in [0.717, 1.165) is 27.8 Å². The normalized spacial score (nSPS) is 18.7. The Bertz CT molecular complexity index is 1050. The van der Waals surface area contributed by atoms with Crippen LogP contribution in [-0.2, 0) is 5.54 Å². The molecule has 1 unspecified atom stereocenters. The van der Waals surface area contributed by atoms with Gasteiger partial charge in [-0.1, -0.05) is 30.3 Å². The van der Waals surface area contributed by atoms with Crippen molar-refractivity contribution >= 4 is 5.84 Å². The van der Waals surface area contributed by atoms with E-state index < -0.39 is 12.2 Å². The molecular formula is C23H21F2N3O. The topological polar surface area (TPSA) is 60.5 Å². The minimum Gasteiger partial charge on any atom is -0.435 e. The van der Waals surface area contributed by atoms with Crippen molar-refractivity contribution in [3.05, 3.63) is 83.7 Å². The minimum atomic E-state index is -2.86. The van der Waals surface area contributed by atoms with Gasteiger partial charge in [0.15, 0.2) is 0 Å². The van der Waals surface area contributed by atoms with Crippen molar-refractivity contribution in [1.29, 1.82) is 0 Å². The monoisotopic (exact) mass is 393 g/mol. The fourth-order valence-corrected chi connectivity index (χ4v) is 3.99. The first-order valence-electron chi connectivity index (χ1n) is 9.39. The lowest BCUT2D eigenvalue weighted by Crippen LogP contribution is -2.24. The molecule has 1 atom stereocenters. The predicted molar refractivity (Wildman–Crippen MR) is 109 cm³/mol. The average molecular weight is 393 g/mol. The second kappa shape index (κ2) is 7.62. The lowest BCUT2D eigenvalue weighted by Gasteiger charge is -2.29. The van der Waals surface area contributed by atoms with E-state index in [1.54, 1.807) is 18.3 Å². The molecule has 0 saturated heterocycles. The molecule has 6 heteroatoms. The van der Waals surface area contributed by atoms with Crippen molar-refractivity contribution < 1.29 is 13.5 Å². The van der Waals surface area contributed by atoms with E-state index in [1.807, 2.05) is 49.5 Å². The summed E-state index contributed by atoms with van der Waals surface area (Å²) in [6.45, 7) is -0.977. The van der Waals surface area contributed by atoms with E-state index in [9.17, 15) is 8.78 Å². The fraction of sp³-hybridized carbons (Fsp3) is 0.217. The van der Waals surface area contributed by atoms with Crippen LogP contribution in [0, 0.1) is 6.92 Å². The number of aryl methyl sites for hydroxylation is 1. The lowest BCUT2D eigenvalue weighted by molar-refractivity contribution is -0.0498. The second-order valence-corrected chi connectivity index (χ2v) is 7.14. The molecule has 0 radical (unpaired) electrons. The van der Waals surface area contributed by atoms with Crippen LogP contribution < -0.4 is 10.5 Å². The Morgan fingerprint density at radius 3 is 2.55 bits per heavy atom. The standard InChI is InChI=1S/C23H21F2N3O/c1-15-12-19(29-22(24)25)7-8-20(15)23(10-9-21(26)28-23)18-6-2-4-16(13-18)17-5-3-11-27-14-17/h2-8,11-14,22H,9-10H2,1H3,(H2,26,28). The van der Waals surface area contributed by atoms with E-state index in [-0.39, 0.29) is 5.75 Å². The highest BCUT2D eigenvalue weighted by atomic mass is 19.3. The molecule has 148 valence electrons. The van der Waals surface area contributed by atoms with Crippen LogP contribution in [0.1, 0.15) is 29.5 Å². The van der Waals surface area contributed by atoms with Gasteiger partial charge in [-0.15, -0.1) is 0 Å². The van der Waals surface area contributed by atoms with Gasteiger partial charge in [-0.3, -0.25) is 9.98 Å². The molecule has 0 fully saturated rings. The molecule has 29 heavy (non-hydrogen) atoms. The molecule has 2 aromatic carbocycles.